The minimum absolute atomic E-state index is 0.231. The number of ether oxygens (including phenoxy) is 2. The number of carbonyl (C=O) groups is 1. The number of anilines is 1. The van der Waals surface area contributed by atoms with Crippen molar-refractivity contribution in [2.24, 2.45) is 0 Å². The highest BCUT2D eigenvalue weighted by atomic mass is 16.5. The van der Waals surface area contributed by atoms with Gasteiger partial charge in [-0.1, -0.05) is 18.2 Å². The van der Waals surface area contributed by atoms with E-state index in [1.54, 1.807) is 13.2 Å². The zero-order valence-electron chi connectivity index (χ0n) is 14.5. The number of aromatic nitrogens is 2. The van der Waals surface area contributed by atoms with E-state index < -0.39 is 0 Å². The number of benzene rings is 1. The van der Waals surface area contributed by atoms with Gasteiger partial charge in [-0.3, -0.25) is 4.79 Å². The van der Waals surface area contributed by atoms with E-state index in [2.05, 4.69) is 15.3 Å². The Morgan fingerprint density at radius 2 is 2.04 bits per heavy atom. The van der Waals surface area contributed by atoms with Crippen LogP contribution in [0.2, 0.25) is 0 Å². The van der Waals surface area contributed by atoms with E-state index in [9.17, 15) is 4.79 Å². The Morgan fingerprint density at radius 1 is 1.28 bits per heavy atom. The zero-order chi connectivity index (χ0) is 17.6. The third-order valence-corrected chi connectivity index (χ3v) is 4.00. The van der Waals surface area contributed by atoms with Gasteiger partial charge in [0.25, 0.3) is 5.91 Å². The summed E-state index contributed by atoms with van der Waals surface area (Å²) in [7, 11) is 1.61. The summed E-state index contributed by atoms with van der Waals surface area (Å²) in [6.07, 6.45) is 0. The van der Waals surface area contributed by atoms with Crippen LogP contribution in [0.25, 0.3) is 0 Å². The fraction of sp³-hybridized carbons (Fsp3) is 0.389. The number of nitrogens with zero attached hydrogens (tertiary/aromatic N) is 3. The average molecular weight is 342 g/mol. The number of hydrogen-bond acceptors (Lipinski definition) is 6. The smallest absolute Gasteiger partial charge is 0.270 e. The van der Waals surface area contributed by atoms with Gasteiger partial charge in [0.1, 0.15) is 11.4 Å². The van der Waals surface area contributed by atoms with Crippen molar-refractivity contribution in [1.82, 2.24) is 15.3 Å². The zero-order valence-corrected chi connectivity index (χ0v) is 14.5. The quantitative estimate of drug-likeness (QED) is 0.889. The second-order valence-corrected chi connectivity index (χ2v) is 5.79. The standard InChI is InChI=1S/C18H22N4O3/c1-13-11-15(21-18(20-13)22-7-9-25-10-8-22)17(23)19-12-14-5-3-4-6-16(14)24-2/h3-6,11H,7-10,12H2,1-2H3,(H,19,23). The monoisotopic (exact) mass is 342 g/mol. The van der Waals surface area contributed by atoms with Crippen LogP contribution < -0.4 is 15.0 Å². The molecule has 25 heavy (non-hydrogen) atoms. The van der Waals surface area contributed by atoms with Crippen molar-refractivity contribution < 1.29 is 14.3 Å². The Kier molecular flexibility index (Phi) is 5.45. The molecule has 0 saturated carbocycles. The van der Waals surface area contributed by atoms with E-state index in [1.165, 1.54) is 0 Å². The van der Waals surface area contributed by atoms with E-state index in [4.69, 9.17) is 9.47 Å². The molecule has 3 rings (SSSR count). The molecule has 1 aliphatic heterocycles. The van der Waals surface area contributed by atoms with Gasteiger partial charge in [0.2, 0.25) is 5.95 Å². The van der Waals surface area contributed by atoms with Crippen molar-refractivity contribution in [1.29, 1.82) is 0 Å². The molecule has 1 aromatic carbocycles. The van der Waals surface area contributed by atoms with Crippen LogP contribution in [-0.4, -0.2) is 49.3 Å². The van der Waals surface area contributed by atoms with Gasteiger partial charge >= 0.3 is 0 Å². The van der Waals surface area contributed by atoms with Crippen molar-refractivity contribution in [3.05, 3.63) is 47.3 Å². The minimum Gasteiger partial charge on any atom is -0.496 e. The number of para-hydroxylation sites is 1. The second-order valence-electron chi connectivity index (χ2n) is 5.79. The van der Waals surface area contributed by atoms with E-state index >= 15 is 0 Å². The number of nitrogens with one attached hydrogen (secondary N) is 1. The summed E-state index contributed by atoms with van der Waals surface area (Å²) >= 11 is 0. The second kappa shape index (κ2) is 7.94. The van der Waals surface area contributed by atoms with Crippen LogP contribution >= 0.6 is 0 Å². The molecule has 1 amide bonds. The first kappa shape index (κ1) is 17.2. The van der Waals surface area contributed by atoms with Gasteiger partial charge in [-0.15, -0.1) is 0 Å². The first-order valence-electron chi connectivity index (χ1n) is 8.26. The third-order valence-electron chi connectivity index (χ3n) is 4.00. The number of morpholine rings is 1. The molecule has 2 aromatic rings. The molecule has 1 N–H and O–H groups in total. The largest absolute Gasteiger partial charge is 0.496 e. The van der Waals surface area contributed by atoms with Crippen molar-refractivity contribution >= 4 is 11.9 Å². The average Bonchev–Trinajstić information content (AvgIpc) is 2.66. The number of methoxy groups -OCH3 is 1. The highest BCUT2D eigenvalue weighted by Crippen LogP contribution is 2.17. The normalized spacial score (nSPS) is 14.2. The molecular weight excluding hydrogens is 320 g/mol. The van der Waals surface area contributed by atoms with Crippen LogP contribution in [0, 0.1) is 6.92 Å². The maximum Gasteiger partial charge on any atom is 0.270 e. The SMILES string of the molecule is COc1ccccc1CNC(=O)c1cc(C)nc(N2CCOCC2)n1. The third kappa shape index (κ3) is 4.24. The van der Waals surface area contributed by atoms with Crippen molar-refractivity contribution in [3.63, 3.8) is 0 Å². The molecule has 1 saturated heterocycles. The van der Waals surface area contributed by atoms with E-state index in [-0.39, 0.29) is 5.91 Å². The Bertz CT molecular complexity index is 745. The lowest BCUT2D eigenvalue weighted by atomic mass is 10.2. The van der Waals surface area contributed by atoms with Crippen LogP contribution in [0.3, 0.4) is 0 Å². The number of amides is 1. The lowest BCUT2D eigenvalue weighted by Gasteiger charge is -2.27. The molecule has 7 nitrogen and oxygen atoms in total. The molecule has 0 radical (unpaired) electrons. The molecule has 132 valence electrons. The Hall–Kier alpha value is -2.67. The summed E-state index contributed by atoms with van der Waals surface area (Å²) in [6.45, 7) is 4.98. The Labute approximate surface area is 147 Å². The van der Waals surface area contributed by atoms with E-state index in [0.717, 1.165) is 30.1 Å². The van der Waals surface area contributed by atoms with Gasteiger partial charge in [0.05, 0.1) is 20.3 Å². The van der Waals surface area contributed by atoms with Gasteiger partial charge in [-0.25, -0.2) is 9.97 Å². The molecule has 2 heterocycles. The molecule has 0 atom stereocenters. The summed E-state index contributed by atoms with van der Waals surface area (Å²) in [4.78, 5) is 23.4. The van der Waals surface area contributed by atoms with Crippen molar-refractivity contribution in [2.45, 2.75) is 13.5 Å². The molecule has 1 aromatic heterocycles. The predicted molar refractivity (Wildman–Crippen MR) is 94.0 cm³/mol. The molecule has 0 unspecified atom stereocenters. The lowest BCUT2D eigenvalue weighted by Crippen LogP contribution is -2.38. The summed E-state index contributed by atoms with van der Waals surface area (Å²) in [5.41, 5.74) is 2.04. The first-order valence-corrected chi connectivity index (χ1v) is 8.26. The van der Waals surface area contributed by atoms with E-state index in [1.807, 2.05) is 36.1 Å². The molecule has 1 aliphatic rings. The fourth-order valence-corrected chi connectivity index (χ4v) is 2.69. The number of hydrogen-bond donors (Lipinski definition) is 1. The van der Waals surface area contributed by atoms with Gasteiger partial charge in [0.15, 0.2) is 0 Å². The molecule has 7 heteroatoms. The highest BCUT2D eigenvalue weighted by Gasteiger charge is 2.17. The van der Waals surface area contributed by atoms with Crippen LogP contribution in [0.15, 0.2) is 30.3 Å². The van der Waals surface area contributed by atoms with E-state index in [0.29, 0.717) is 31.4 Å². The topological polar surface area (TPSA) is 76.6 Å². The maximum atomic E-state index is 12.5. The Morgan fingerprint density at radius 3 is 2.80 bits per heavy atom. The van der Waals surface area contributed by atoms with Gasteiger partial charge in [-0.05, 0) is 19.1 Å². The first-order chi connectivity index (χ1) is 12.2. The van der Waals surface area contributed by atoms with Crippen molar-refractivity contribution in [2.75, 3.05) is 38.3 Å². The highest BCUT2D eigenvalue weighted by molar-refractivity contribution is 5.92. The van der Waals surface area contributed by atoms with Crippen molar-refractivity contribution in [3.8, 4) is 5.75 Å². The minimum atomic E-state index is -0.231. The molecule has 0 aliphatic carbocycles. The molecule has 0 bridgehead atoms. The lowest BCUT2D eigenvalue weighted by molar-refractivity contribution is 0.0945. The van der Waals surface area contributed by atoms with Crippen LogP contribution in [0.1, 0.15) is 21.7 Å². The van der Waals surface area contributed by atoms with Gasteiger partial charge < -0.3 is 19.7 Å². The summed E-state index contributed by atoms with van der Waals surface area (Å²) in [5.74, 6) is 1.09. The number of carbonyl (C=O) groups excluding carboxylic acids is 1. The molecule has 1 fully saturated rings. The summed E-state index contributed by atoms with van der Waals surface area (Å²) in [5, 5.41) is 2.89. The summed E-state index contributed by atoms with van der Waals surface area (Å²) < 4.78 is 10.7. The fourth-order valence-electron chi connectivity index (χ4n) is 2.69. The van der Waals surface area contributed by atoms with Crippen LogP contribution in [0.5, 0.6) is 5.75 Å². The molecular formula is C18H22N4O3. The number of rotatable bonds is 5. The number of aryl methyl sites for hydroxylation is 1. The Balaban J connectivity index is 1.72. The van der Waals surface area contributed by atoms with Crippen LogP contribution in [0.4, 0.5) is 5.95 Å². The summed E-state index contributed by atoms with van der Waals surface area (Å²) in [6, 6.07) is 9.29. The predicted octanol–water partition coefficient (Wildman–Crippen LogP) is 1.56. The van der Waals surface area contributed by atoms with Gasteiger partial charge in [0, 0.05) is 30.9 Å². The van der Waals surface area contributed by atoms with Crippen LogP contribution in [-0.2, 0) is 11.3 Å². The molecule has 0 spiro atoms. The maximum absolute atomic E-state index is 12.5. The van der Waals surface area contributed by atoms with Gasteiger partial charge in [-0.2, -0.15) is 0 Å².